The second kappa shape index (κ2) is 8.15. The van der Waals surface area contributed by atoms with Crippen molar-refractivity contribution in [2.75, 3.05) is 0 Å². The lowest BCUT2D eigenvalue weighted by Gasteiger charge is -2.04. The molecule has 2 N–H and O–H groups in total. The Labute approximate surface area is 156 Å². The number of nitro benzene ring substituents is 1. The molecule has 3 aromatic rings. The third-order valence-corrected chi connectivity index (χ3v) is 4.19. The molecule has 0 amide bonds. The number of nitrogens with zero attached hydrogens (tertiary/aromatic N) is 2. The number of furan rings is 1. The molecule has 0 radical (unpaired) electrons. The number of nitrogens with two attached hydrogens (primary N) is 1. The van der Waals surface area contributed by atoms with E-state index in [1.165, 1.54) is 41.7 Å². The number of amidine groups is 1. The molecule has 0 bridgehead atoms. The van der Waals surface area contributed by atoms with Crippen molar-refractivity contribution in [2.24, 2.45) is 10.9 Å². The maximum absolute atomic E-state index is 11.9. The molecule has 0 unspecified atom stereocenters. The predicted octanol–water partition coefficient (Wildman–Crippen LogP) is 3.31. The fourth-order valence-corrected chi connectivity index (χ4v) is 2.67. The number of hydrogen-bond acceptors (Lipinski definition) is 8. The first-order valence-corrected chi connectivity index (χ1v) is 8.46. The molecule has 0 aliphatic carbocycles. The minimum absolute atomic E-state index is 0.0739. The van der Waals surface area contributed by atoms with Crippen LogP contribution >= 0.6 is 11.3 Å². The molecular weight excluding hydrogens is 374 g/mol. The Balaban J connectivity index is 1.61. The van der Waals surface area contributed by atoms with E-state index in [0.29, 0.717) is 4.88 Å². The Bertz CT molecular complexity index is 980. The number of ether oxygens (including phenoxy) is 1. The van der Waals surface area contributed by atoms with Crippen LogP contribution in [0.15, 0.2) is 63.5 Å². The van der Waals surface area contributed by atoms with Gasteiger partial charge in [0.2, 0.25) is 5.76 Å². The smallest absolute Gasteiger partial charge is 0.400 e. The van der Waals surface area contributed by atoms with Gasteiger partial charge in [0.1, 0.15) is 12.4 Å². The van der Waals surface area contributed by atoms with E-state index < -0.39 is 10.9 Å². The Kier molecular flexibility index (Phi) is 5.47. The molecule has 138 valence electrons. The predicted molar refractivity (Wildman–Crippen MR) is 96.6 cm³/mol. The van der Waals surface area contributed by atoms with Crippen LogP contribution in [-0.4, -0.2) is 16.7 Å². The topological polar surface area (TPSA) is 130 Å². The number of rotatable bonds is 7. The molecule has 0 atom stereocenters. The van der Waals surface area contributed by atoms with Gasteiger partial charge in [0, 0.05) is 6.07 Å². The van der Waals surface area contributed by atoms with Gasteiger partial charge in [-0.1, -0.05) is 23.4 Å². The lowest BCUT2D eigenvalue weighted by atomic mass is 10.3. The third-order valence-electron chi connectivity index (χ3n) is 3.30. The molecule has 0 saturated heterocycles. The van der Waals surface area contributed by atoms with Crippen molar-refractivity contribution in [2.45, 2.75) is 6.61 Å². The van der Waals surface area contributed by atoms with Crippen LogP contribution in [0.5, 0.6) is 5.75 Å². The molecule has 27 heavy (non-hydrogen) atoms. The Morgan fingerprint density at radius 2 is 2.04 bits per heavy atom. The van der Waals surface area contributed by atoms with E-state index in [4.69, 9.17) is 19.7 Å². The van der Waals surface area contributed by atoms with Crippen LogP contribution < -0.4 is 10.5 Å². The fourth-order valence-electron chi connectivity index (χ4n) is 2.05. The molecule has 0 aliphatic heterocycles. The van der Waals surface area contributed by atoms with Crippen LogP contribution in [0.1, 0.15) is 21.2 Å². The lowest BCUT2D eigenvalue weighted by molar-refractivity contribution is -0.386. The summed E-state index contributed by atoms with van der Waals surface area (Å²) >= 11 is 1.36. The Morgan fingerprint density at radius 1 is 1.22 bits per heavy atom. The van der Waals surface area contributed by atoms with Crippen molar-refractivity contribution in [1.29, 1.82) is 0 Å². The van der Waals surface area contributed by atoms with E-state index in [0.717, 1.165) is 0 Å². The van der Waals surface area contributed by atoms with Crippen LogP contribution in [0.4, 0.5) is 5.69 Å². The Morgan fingerprint density at radius 3 is 2.78 bits per heavy atom. The van der Waals surface area contributed by atoms with Crippen molar-refractivity contribution in [3.63, 3.8) is 0 Å². The largest absolute Gasteiger partial charge is 0.479 e. The Hall–Kier alpha value is -3.66. The zero-order chi connectivity index (χ0) is 19.2. The highest BCUT2D eigenvalue weighted by Gasteiger charge is 2.17. The van der Waals surface area contributed by atoms with E-state index in [1.807, 2.05) is 5.38 Å². The number of carbonyl (C=O) groups excluding carboxylic acids is 1. The zero-order valence-electron chi connectivity index (χ0n) is 13.7. The van der Waals surface area contributed by atoms with Crippen LogP contribution in [-0.2, 0) is 11.4 Å². The second-order valence-electron chi connectivity index (χ2n) is 5.11. The van der Waals surface area contributed by atoms with Gasteiger partial charge in [-0.15, -0.1) is 11.3 Å². The van der Waals surface area contributed by atoms with Crippen LogP contribution in [0, 0.1) is 10.1 Å². The molecule has 2 aromatic heterocycles. The number of nitro groups is 1. The normalized spacial score (nSPS) is 11.2. The summed E-state index contributed by atoms with van der Waals surface area (Å²) in [6.07, 6.45) is 0. The minimum Gasteiger partial charge on any atom is -0.479 e. The van der Waals surface area contributed by atoms with Gasteiger partial charge in [-0.05, 0) is 29.6 Å². The summed E-state index contributed by atoms with van der Waals surface area (Å²) in [7, 11) is 0. The maximum atomic E-state index is 11.9. The second-order valence-corrected chi connectivity index (χ2v) is 6.06. The van der Waals surface area contributed by atoms with E-state index in [2.05, 4.69) is 5.16 Å². The van der Waals surface area contributed by atoms with Gasteiger partial charge in [0.15, 0.2) is 11.6 Å². The minimum atomic E-state index is -0.827. The molecule has 1 aromatic carbocycles. The molecule has 2 heterocycles. The van der Waals surface area contributed by atoms with Crippen LogP contribution in [0.25, 0.3) is 0 Å². The molecule has 0 fully saturated rings. The number of oxime groups is 1. The van der Waals surface area contributed by atoms with Crippen molar-refractivity contribution < 1.29 is 23.7 Å². The molecule has 0 spiro atoms. The number of para-hydroxylation sites is 2. The highest BCUT2D eigenvalue weighted by Crippen LogP contribution is 2.26. The summed E-state index contributed by atoms with van der Waals surface area (Å²) in [5, 5.41) is 16.3. The van der Waals surface area contributed by atoms with E-state index >= 15 is 0 Å². The van der Waals surface area contributed by atoms with Gasteiger partial charge < -0.3 is 19.7 Å². The standard InChI is InChI=1S/C17H13N3O6S/c18-16(15-6-3-9-27-15)19-26-17(21)14-8-7-11(25-14)10-24-13-5-2-1-4-12(13)20(22)23/h1-9H,10H2,(H2,18,19). The average Bonchev–Trinajstić information content (AvgIpc) is 3.36. The molecule has 0 aliphatic rings. The third kappa shape index (κ3) is 4.50. The van der Waals surface area contributed by atoms with E-state index in [-0.39, 0.29) is 35.4 Å². The highest BCUT2D eigenvalue weighted by atomic mass is 32.1. The van der Waals surface area contributed by atoms with Crippen molar-refractivity contribution >= 4 is 28.8 Å². The zero-order valence-corrected chi connectivity index (χ0v) is 14.5. The summed E-state index contributed by atoms with van der Waals surface area (Å²) in [5.74, 6) is -0.471. The first kappa shape index (κ1) is 18.1. The molecule has 9 nitrogen and oxygen atoms in total. The summed E-state index contributed by atoms with van der Waals surface area (Å²) in [6, 6.07) is 12.4. The number of carbonyl (C=O) groups is 1. The first-order valence-electron chi connectivity index (χ1n) is 7.58. The van der Waals surface area contributed by atoms with Gasteiger partial charge in [0.25, 0.3) is 0 Å². The summed E-state index contributed by atoms with van der Waals surface area (Å²) in [6.45, 7) is -0.0985. The van der Waals surface area contributed by atoms with Crippen LogP contribution in [0.2, 0.25) is 0 Å². The van der Waals surface area contributed by atoms with Gasteiger partial charge >= 0.3 is 11.7 Å². The maximum Gasteiger partial charge on any atom is 0.400 e. The SMILES string of the molecule is N/C(=N\OC(=O)c1ccc(COc2ccccc2[N+](=O)[O-])o1)c1cccs1. The van der Waals surface area contributed by atoms with Gasteiger partial charge in [0.05, 0.1) is 9.80 Å². The van der Waals surface area contributed by atoms with E-state index in [9.17, 15) is 14.9 Å². The van der Waals surface area contributed by atoms with Crippen molar-refractivity contribution in [3.8, 4) is 5.75 Å². The summed E-state index contributed by atoms with van der Waals surface area (Å²) < 4.78 is 10.7. The summed E-state index contributed by atoms with van der Waals surface area (Å²) in [5.41, 5.74) is 5.53. The van der Waals surface area contributed by atoms with Gasteiger partial charge in [-0.2, -0.15) is 0 Å². The molecule has 3 rings (SSSR count). The molecule has 10 heteroatoms. The first-order chi connectivity index (χ1) is 13.0. The van der Waals surface area contributed by atoms with Crippen LogP contribution in [0.3, 0.4) is 0 Å². The van der Waals surface area contributed by atoms with Gasteiger partial charge in [-0.25, -0.2) is 4.79 Å². The van der Waals surface area contributed by atoms with Crippen molar-refractivity contribution in [3.05, 3.63) is 80.4 Å². The summed E-state index contributed by atoms with van der Waals surface area (Å²) in [4.78, 5) is 27.8. The monoisotopic (exact) mass is 387 g/mol. The molecular formula is C17H13N3O6S. The fraction of sp³-hybridized carbons (Fsp3) is 0.0588. The highest BCUT2D eigenvalue weighted by molar-refractivity contribution is 7.12. The van der Waals surface area contributed by atoms with Gasteiger partial charge in [-0.3, -0.25) is 10.1 Å². The lowest BCUT2D eigenvalue weighted by Crippen LogP contribution is -2.13. The van der Waals surface area contributed by atoms with Crippen molar-refractivity contribution in [1.82, 2.24) is 0 Å². The average molecular weight is 387 g/mol. The van der Waals surface area contributed by atoms with E-state index in [1.54, 1.807) is 18.2 Å². The number of benzene rings is 1. The molecule has 0 saturated carbocycles. The number of thiophene rings is 1. The quantitative estimate of drug-likeness (QED) is 0.216. The number of hydrogen-bond donors (Lipinski definition) is 1.